The maximum atomic E-state index is 11.8. The molecule has 1 saturated carbocycles. The first-order valence-corrected chi connectivity index (χ1v) is 6.64. The molecule has 5 heteroatoms. The third-order valence-electron chi connectivity index (χ3n) is 3.55. The van der Waals surface area contributed by atoms with E-state index in [0.29, 0.717) is 11.6 Å². The third kappa shape index (κ3) is 3.48. The molecule has 2 atom stereocenters. The van der Waals surface area contributed by atoms with E-state index < -0.39 is 0 Å². The van der Waals surface area contributed by atoms with Crippen LogP contribution in [-0.4, -0.2) is 21.9 Å². The van der Waals surface area contributed by atoms with Crippen LogP contribution in [0.25, 0.3) is 0 Å². The normalized spacial score (nSPS) is 23.8. The number of anilines is 1. The lowest BCUT2D eigenvalue weighted by molar-refractivity contribution is -0.152. The second-order valence-corrected chi connectivity index (χ2v) is 5.02. The van der Waals surface area contributed by atoms with Gasteiger partial charge in [-0.25, -0.2) is 0 Å². The fraction of sp³-hybridized carbons (Fsp3) is 0.692. The van der Waals surface area contributed by atoms with Crippen LogP contribution in [0.15, 0.2) is 12.4 Å². The molecule has 2 unspecified atom stereocenters. The van der Waals surface area contributed by atoms with E-state index in [4.69, 9.17) is 10.5 Å². The Hall–Kier alpha value is -1.52. The van der Waals surface area contributed by atoms with Gasteiger partial charge < -0.3 is 10.5 Å². The molecule has 1 fully saturated rings. The minimum atomic E-state index is -0.222. The zero-order chi connectivity index (χ0) is 13.0. The molecule has 0 spiro atoms. The lowest BCUT2D eigenvalue weighted by Gasteiger charge is -2.28. The van der Waals surface area contributed by atoms with Gasteiger partial charge in [0, 0.05) is 6.20 Å². The molecule has 2 N–H and O–H groups in total. The van der Waals surface area contributed by atoms with Crippen LogP contribution in [-0.2, 0) is 16.1 Å². The number of esters is 1. The summed E-state index contributed by atoms with van der Waals surface area (Å²) in [6, 6.07) is 0. The number of carbonyl (C=O) groups is 1. The molecule has 1 aromatic heterocycles. The summed E-state index contributed by atoms with van der Waals surface area (Å²) in [6.45, 7) is 2.34. The van der Waals surface area contributed by atoms with Crippen LogP contribution in [0.1, 0.15) is 39.0 Å². The van der Waals surface area contributed by atoms with Crippen LogP contribution in [0.4, 0.5) is 5.69 Å². The van der Waals surface area contributed by atoms with Gasteiger partial charge in [-0.05, 0) is 25.2 Å². The maximum Gasteiger partial charge on any atom is 0.328 e. The van der Waals surface area contributed by atoms with Gasteiger partial charge in [-0.1, -0.05) is 19.8 Å². The van der Waals surface area contributed by atoms with Gasteiger partial charge in [0.1, 0.15) is 12.6 Å². The number of hydrogen-bond acceptors (Lipinski definition) is 4. The van der Waals surface area contributed by atoms with Crippen LogP contribution in [0.3, 0.4) is 0 Å². The number of rotatable bonds is 4. The van der Waals surface area contributed by atoms with Crippen molar-refractivity contribution in [2.24, 2.45) is 5.92 Å². The number of carbonyl (C=O) groups excluding carboxylic acids is 1. The Morgan fingerprint density at radius 1 is 1.61 bits per heavy atom. The maximum absolute atomic E-state index is 11.8. The van der Waals surface area contributed by atoms with Crippen molar-refractivity contribution in [1.29, 1.82) is 0 Å². The Kier molecular flexibility index (Phi) is 4.23. The fourth-order valence-corrected chi connectivity index (χ4v) is 2.54. The van der Waals surface area contributed by atoms with Gasteiger partial charge in [0.25, 0.3) is 0 Å². The first-order chi connectivity index (χ1) is 8.67. The number of aromatic nitrogens is 2. The summed E-state index contributed by atoms with van der Waals surface area (Å²) < 4.78 is 7.01. The van der Waals surface area contributed by atoms with E-state index in [2.05, 4.69) is 12.0 Å². The predicted octanol–water partition coefficient (Wildman–Crippen LogP) is 1.98. The minimum absolute atomic E-state index is 0.0871. The molecule has 5 nitrogen and oxygen atoms in total. The molecule has 0 radical (unpaired) electrons. The van der Waals surface area contributed by atoms with Gasteiger partial charge in [0.15, 0.2) is 0 Å². The molecule has 1 aliphatic carbocycles. The highest BCUT2D eigenvalue weighted by Gasteiger charge is 2.23. The van der Waals surface area contributed by atoms with E-state index in [0.717, 1.165) is 19.3 Å². The van der Waals surface area contributed by atoms with Crippen LogP contribution >= 0.6 is 0 Å². The quantitative estimate of drug-likeness (QED) is 0.831. The SMILES string of the molecule is CCC1CCCC(OC(=O)Cn2cc(N)cn2)C1. The van der Waals surface area contributed by atoms with E-state index in [-0.39, 0.29) is 18.6 Å². The lowest BCUT2D eigenvalue weighted by atomic mass is 9.85. The van der Waals surface area contributed by atoms with Crippen molar-refractivity contribution in [3.05, 3.63) is 12.4 Å². The highest BCUT2D eigenvalue weighted by molar-refractivity contribution is 5.69. The van der Waals surface area contributed by atoms with Crippen LogP contribution in [0, 0.1) is 5.92 Å². The number of nitrogen functional groups attached to an aromatic ring is 1. The predicted molar refractivity (Wildman–Crippen MR) is 68.8 cm³/mol. The molecular formula is C13H21N3O2. The van der Waals surface area contributed by atoms with E-state index >= 15 is 0 Å². The van der Waals surface area contributed by atoms with E-state index in [9.17, 15) is 4.79 Å². The Bertz CT molecular complexity index is 403. The third-order valence-corrected chi connectivity index (χ3v) is 3.55. The highest BCUT2D eigenvalue weighted by atomic mass is 16.5. The second-order valence-electron chi connectivity index (χ2n) is 5.02. The summed E-state index contributed by atoms with van der Waals surface area (Å²) in [7, 11) is 0. The first kappa shape index (κ1) is 12.9. The molecule has 100 valence electrons. The van der Waals surface area contributed by atoms with Crippen LogP contribution < -0.4 is 5.73 Å². The highest BCUT2D eigenvalue weighted by Crippen LogP contribution is 2.28. The van der Waals surface area contributed by atoms with Gasteiger partial charge in [0.05, 0.1) is 11.9 Å². The molecule has 0 bridgehead atoms. The summed E-state index contributed by atoms with van der Waals surface area (Å²) in [5, 5.41) is 3.97. The summed E-state index contributed by atoms with van der Waals surface area (Å²) in [6.07, 6.45) is 8.84. The molecule has 1 heterocycles. The summed E-state index contributed by atoms with van der Waals surface area (Å²) in [5.41, 5.74) is 6.10. The molecule has 0 saturated heterocycles. The topological polar surface area (TPSA) is 70.1 Å². The zero-order valence-electron chi connectivity index (χ0n) is 10.8. The Morgan fingerprint density at radius 2 is 2.44 bits per heavy atom. The average Bonchev–Trinajstić information content (AvgIpc) is 2.74. The Balaban J connectivity index is 1.80. The Labute approximate surface area is 107 Å². The molecule has 1 aliphatic rings. The summed E-state index contributed by atoms with van der Waals surface area (Å²) in [4.78, 5) is 11.8. The smallest absolute Gasteiger partial charge is 0.328 e. The molecule has 0 amide bonds. The number of ether oxygens (including phenoxy) is 1. The van der Waals surface area contributed by atoms with Crippen molar-refractivity contribution in [3.8, 4) is 0 Å². The van der Waals surface area contributed by atoms with Crippen molar-refractivity contribution < 1.29 is 9.53 Å². The molecule has 18 heavy (non-hydrogen) atoms. The molecular weight excluding hydrogens is 230 g/mol. The monoisotopic (exact) mass is 251 g/mol. The summed E-state index contributed by atoms with van der Waals surface area (Å²) in [5.74, 6) is 0.483. The van der Waals surface area contributed by atoms with Crippen molar-refractivity contribution in [2.75, 3.05) is 5.73 Å². The number of nitrogens with two attached hydrogens (primary N) is 1. The van der Waals surface area contributed by atoms with Crippen molar-refractivity contribution in [1.82, 2.24) is 9.78 Å². The van der Waals surface area contributed by atoms with Gasteiger partial charge >= 0.3 is 5.97 Å². The number of nitrogens with zero attached hydrogens (tertiary/aromatic N) is 2. The second kappa shape index (κ2) is 5.89. The standard InChI is InChI=1S/C13H21N3O2/c1-2-10-4-3-5-12(6-10)18-13(17)9-16-8-11(14)7-15-16/h7-8,10,12H,2-6,9,14H2,1H3. The fourth-order valence-electron chi connectivity index (χ4n) is 2.54. The minimum Gasteiger partial charge on any atom is -0.461 e. The van der Waals surface area contributed by atoms with Crippen molar-refractivity contribution in [3.63, 3.8) is 0 Å². The van der Waals surface area contributed by atoms with Gasteiger partial charge in [-0.15, -0.1) is 0 Å². The average molecular weight is 251 g/mol. The van der Waals surface area contributed by atoms with E-state index in [1.54, 1.807) is 6.20 Å². The van der Waals surface area contributed by atoms with Crippen LogP contribution in [0.2, 0.25) is 0 Å². The van der Waals surface area contributed by atoms with Crippen LogP contribution in [0.5, 0.6) is 0 Å². The molecule has 1 aromatic rings. The first-order valence-electron chi connectivity index (χ1n) is 6.64. The zero-order valence-corrected chi connectivity index (χ0v) is 10.8. The van der Waals surface area contributed by atoms with Gasteiger partial charge in [-0.3, -0.25) is 9.48 Å². The van der Waals surface area contributed by atoms with Gasteiger partial charge in [-0.2, -0.15) is 5.10 Å². The molecule has 0 aromatic carbocycles. The van der Waals surface area contributed by atoms with E-state index in [1.807, 2.05) is 0 Å². The lowest BCUT2D eigenvalue weighted by Crippen LogP contribution is -2.27. The van der Waals surface area contributed by atoms with Crippen molar-refractivity contribution >= 4 is 11.7 Å². The van der Waals surface area contributed by atoms with Crippen molar-refractivity contribution in [2.45, 2.75) is 51.7 Å². The summed E-state index contributed by atoms with van der Waals surface area (Å²) >= 11 is 0. The largest absolute Gasteiger partial charge is 0.461 e. The Morgan fingerprint density at radius 3 is 3.11 bits per heavy atom. The molecule has 0 aliphatic heterocycles. The molecule has 2 rings (SSSR count). The van der Waals surface area contributed by atoms with E-state index in [1.165, 1.54) is 23.7 Å². The number of hydrogen-bond donors (Lipinski definition) is 1. The van der Waals surface area contributed by atoms with Gasteiger partial charge in [0.2, 0.25) is 0 Å².